The first-order valence-electron chi connectivity index (χ1n) is 8.11. The number of hydrogen-bond donors (Lipinski definition) is 2. The second-order valence-electron chi connectivity index (χ2n) is 6.95. The molecular weight excluding hydrogens is 308 g/mol. The van der Waals surface area contributed by atoms with Gasteiger partial charge in [0, 0.05) is 18.7 Å². The van der Waals surface area contributed by atoms with Crippen LogP contribution in [-0.4, -0.2) is 35.5 Å². The van der Waals surface area contributed by atoms with E-state index in [1.54, 1.807) is 4.90 Å². The van der Waals surface area contributed by atoms with Gasteiger partial charge in [0.2, 0.25) is 11.8 Å². The molecule has 0 spiro atoms. The first-order valence-corrected chi connectivity index (χ1v) is 8.11. The number of carbonyl (C=O) groups excluding carboxylic acids is 2. The Morgan fingerprint density at radius 2 is 1.92 bits per heavy atom. The molecule has 0 aromatic heterocycles. The molecule has 1 aromatic carbocycles. The van der Waals surface area contributed by atoms with Gasteiger partial charge in [-0.15, -0.1) is 0 Å². The van der Waals surface area contributed by atoms with Crippen LogP contribution in [0.15, 0.2) is 24.3 Å². The maximum Gasteiger partial charge on any atom is 0.309 e. The van der Waals surface area contributed by atoms with Crippen LogP contribution in [0.2, 0.25) is 0 Å². The molecule has 1 unspecified atom stereocenters. The van der Waals surface area contributed by atoms with Crippen LogP contribution in [0.25, 0.3) is 0 Å². The maximum absolute atomic E-state index is 12.6. The van der Waals surface area contributed by atoms with E-state index in [1.165, 1.54) is 13.8 Å². The molecule has 1 aliphatic rings. The van der Waals surface area contributed by atoms with E-state index in [9.17, 15) is 14.4 Å². The van der Waals surface area contributed by atoms with E-state index in [0.717, 1.165) is 17.7 Å². The van der Waals surface area contributed by atoms with Crippen LogP contribution in [0.3, 0.4) is 0 Å². The monoisotopic (exact) mass is 332 g/mol. The number of nitrogens with zero attached hydrogens (tertiary/aromatic N) is 1. The van der Waals surface area contributed by atoms with Crippen molar-refractivity contribution in [2.24, 2.45) is 5.41 Å². The lowest BCUT2D eigenvalue weighted by molar-refractivity contribution is -0.149. The zero-order valence-corrected chi connectivity index (χ0v) is 14.3. The van der Waals surface area contributed by atoms with Crippen molar-refractivity contribution >= 4 is 23.5 Å². The van der Waals surface area contributed by atoms with Crippen molar-refractivity contribution in [3.8, 4) is 0 Å². The minimum atomic E-state index is -1.15. The highest BCUT2D eigenvalue weighted by Crippen LogP contribution is 2.23. The van der Waals surface area contributed by atoms with Crippen LogP contribution in [0.1, 0.15) is 38.7 Å². The fourth-order valence-corrected chi connectivity index (χ4v) is 2.71. The average molecular weight is 332 g/mol. The first kappa shape index (κ1) is 18.0. The molecule has 1 fully saturated rings. The van der Waals surface area contributed by atoms with Gasteiger partial charge in [0.1, 0.15) is 6.04 Å². The van der Waals surface area contributed by atoms with Crippen molar-refractivity contribution in [2.75, 3.05) is 11.4 Å². The van der Waals surface area contributed by atoms with Gasteiger partial charge in [0.05, 0.1) is 5.41 Å². The molecule has 130 valence electrons. The Hall–Kier alpha value is -2.37. The number of aryl methyl sites for hydroxylation is 1. The first-order chi connectivity index (χ1) is 11.2. The van der Waals surface area contributed by atoms with Gasteiger partial charge in [-0.1, -0.05) is 17.7 Å². The summed E-state index contributed by atoms with van der Waals surface area (Å²) >= 11 is 0. The van der Waals surface area contributed by atoms with Crippen molar-refractivity contribution in [1.29, 1.82) is 0 Å². The number of rotatable bonds is 5. The summed E-state index contributed by atoms with van der Waals surface area (Å²) < 4.78 is 0. The molecule has 1 atom stereocenters. The number of aliphatic carboxylic acids is 1. The lowest BCUT2D eigenvalue weighted by atomic mass is 9.89. The number of amides is 2. The predicted molar refractivity (Wildman–Crippen MR) is 90.7 cm³/mol. The molecule has 2 amide bonds. The fourth-order valence-electron chi connectivity index (χ4n) is 2.71. The Balaban J connectivity index is 2.03. The highest BCUT2D eigenvalue weighted by Gasteiger charge is 2.34. The molecule has 6 heteroatoms. The van der Waals surface area contributed by atoms with Crippen LogP contribution >= 0.6 is 0 Å². The molecule has 0 saturated carbocycles. The third kappa shape index (κ3) is 4.13. The Morgan fingerprint density at radius 1 is 1.29 bits per heavy atom. The van der Waals surface area contributed by atoms with Gasteiger partial charge >= 0.3 is 5.97 Å². The molecular formula is C18H24N2O4. The van der Waals surface area contributed by atoms with Crippen molar-refractivity contribution in [3.05, 3.63) is 29.8 Å². The van der Waals surface area contributed by atoms with Crippen LogP contribution in [0, 0.1) is 12.3 Å². The van der Waals surface area contributed by atoms with E-state index < -0.39 is 23.3 Å². The minimum absolute atomic E-state index is 0.147. The minimum Gasteiger partial charge on any atom is -0.481 e. The summed E-state index contributed by atoms with van der Waals surface area (Å²) in [6.07, 6.45) is 1.20. The van der Waals surface area contributed by atoms with Gasteiger partial charge in [-0.3, -0.25) is 14.4 Å². The molecule has 24 heavy (non-hydrogen) atoms. The van der Waals surface area contributed by atoms with E-state index in [0.29, 0.717) is 13.0 Å². The summed E-state index contributed by atoms with van der Waals surface area (Å²) in [4.78, 5) is 37.6. The van der Waals surface area contributed by atoms with Gasteiger partial charge < -0.3 is 15.3 Å². The maximum atomic E-state index is 12.6. The molecule has 0 radical (unpaired) electrons. The van der Waals surface area contributed by atoms with Crippen molar-refractivity contribution in [2.45, 2.75) is 46.1 Å². The van der Waals surface area contributed by atoms with Gasteiger partial charge in [0.25, 0.3) is 0 Å². The zero-order chi connectivity index (χ0) is 17.9. The molecule has 0 bridgehead atoms. The molecule has 1 saturated heterocycles. The average Bonchev–Trinajstić information content (AvgIpc) is 2.50. The second kappa shape index (κ2) is 7.03. The third-order valence-corrected chi connectivity index (χ3v) is 4.30. The molecule has 2 rings (SSSR count). The molecule has 0 aliphatic carbocycles. The summed E-state index contributed by atoms with van der Waals surface area (Å²) in [6.45, 7) is 5.59. The Bertz CT molecular complexity index is 637. The lowest BCUT2D eigenvalue weighted by Crippen LogP contribution is -2.53. The van der Waals surface area contributed by atoms with E-state index in [4.69, 9.17) is 5.11 Å². The van der Waals surface area contributed by atoms with Gasteiger partial charge in [-0.25, -0.2) is 0 Å². The van der Waals surface area contributed by atoms with E-state index in [2.05, 4.69) is 5.32 Å². The highest BCUT2D eigenvalue weighted by molar-refractivity contribution is 6.00. The number of carboxylic acid groups (broad SMARTS) is 1. The van der Waals surface area contributed by atoms with Crippen LogP contribution in [0.4, 0.5) is 5.69 Å². The summed E-state index contributed by atoms with van der Waals surface area (Å²) in [5.74, 6) is -1.59. The number of piperidine rings is 1. The normalized spacial score (nSPS) is 18.4. The number of carboxylic acids is 1. The number of nitrogens with one attached hydrogen (secondary N) is 1. The number of anilines is 1. The highest BCUT2D eigenvalue weighted by atomic mass is 16.4. The SMILES string of the molecule is Cc1ccc(N2CCCC(NC(=O)CC(C)(C)C(=O)O)C2=O)cc1. The topological polar surface area (TPSA) is 86.7 Å². The molecule has 1 heterocycles. The van der Waals surface area contributed by atoms with Gasteiger partial charge in [0.15, 0.2) is 0 Å². The quantitative estimate of drug-likeness (QED) is 0.864. The van der Waals surface area contributed by atoms with Crippen molar-refractivity contribution < 1.29 is 19.5 Å². The Kier molecular flexibility index (Phi) is 5.26. The van der Waals surface area contributed by atoms with E-state index in [-0.39, 0.29) is 12.3 Å². The summed E-state index contributed by atoms with van der Waals surface area (Å²) in [7, 11) is 0. The molecule has 2 N–H and O–H groups in total. The molecule has 1 aliphatic heterocycles. The van der Waals surface area contributed by atoms with Crippen molar-refractivity contribution in [1.82, 2.24) is 5.32 Å². The fraction of sp³-hybridized carbons (Fsp3) is 0.500. The molecule has 1 aromatic rings. The van der Waals surface area contributed by atoms with Gasteiger partial charge in [-0.2, -0.15) is 0 Å². The number of carbonyl (C=O) groups is 3. The van der Waals surface area contributed by atoms with E-state index in [1.807, 2.05) is 31.2 Å². The van der Waals surface area contributed by atoms with Gasteiger partial charge in [-0.05, 0) is 45.7 Å². The Labute approximate surface area is 141 Å². The third-order valence-electron chi connectivity index (χ3n) is 4.30. The van der Waals surface area contributed by atoms with E-state index >= 15 is 0 Å². The largest absolute Gasteiger partial charge is 0.481 e. The summed E-state index contributed by atoms with van der Waals surface area (Å²) in [6, 6.07) is 7.08. The molecule has 6 nitrogen and oxygen atoms in total. The zero-order valence-electron chi connectivity index (χ0n) is 14.3. The lowest BCUT2D eigenvalue weighted by Gasteiger charge is -2.33. The number of benzene rings is 1. The second-order valence-corrected chi connectivity index (χ2v) is 6.95. The Morgan fingerprint density at radius 3 is 2.50 bits per heavy atom. The van der Waals surface area contributed by atoms with Crippen LogP contribution in [-0.2, 0) is 14.4 Å². The van der Waals surface area contributed by atoms with Crippen molar-refractivity contribution in [3.63, 3.8) is 0 Å². The predicted octanol–water partition coefficient (Wildman–Crippen LogP) is 2.11. The summed E-state index contributed by atoms with van der Waals surface area (Å²) in [5.41, 5.74) is 0.776. The summed E-state index contributed by atoms with van der Waals surface area (Å²) in [5, 5.41) is 11.8. The number of hydrogen-bond acceptors (Lipinski definition) is 3. The smallest absolute Gasteiger partial charge is 0.309 e. The standard InChI is InChI=1S/C18H24N2O4/c1-12-6-8-13(9-7-12)20-10-4-5-14(16(20)22)19-15(21)11-18(2,3)17(23)24/h6-9,14H,4-5,10-11H2,1-3H3,(H,19,21)(H,23,24). The van der Waals surface area contributed by atoms with Crippen LogP contribution in [0.5, 0.6) is 0 Å². The van der Waals surface area contributed by atoms with Crippen LogP contribution < -0.4 is 10.2 Å².